The van der Waals surface area contributed by atoms with Gasteiger partial charge in [0, 0.05) is 25.1 Å². The lowest BCUT2D eigenvalue weighted by molar-refractivity contribution is -0.121. The molecule has 0 bridgehead atoms. The van der Waals surface area contributed by atoms with Crippen molar-refractivity contribution < 1.29 is 14.0 Å². The van der Waals surface area contributed by atoms with Crippen molar-refractivity contribution in [3.63, 3.8) is 0 Å². The number of anilines is 1. The van der Waals surface area contributed by atoms with Gasteiger partial charge in [-0.1, -0.05) is 6.07 Å². The lowest BCUT2D eigenvalue weighted by Gasteiger charge is -2.23. The molecule has 0 saturated heterocycles. The summed E-state index contributed by atoms with van der Waals surface area (Å²) in [4.78, 5) is 24.7. The van der Waals surface area contributed by atoms with Crippen molar-refractivity contribution in [1.82, 2.24) is 5.43 Å². The van der Waals surface area contributed by atoms with Crippen LogP contribution in [-0.2, 0) is 9.59 Å². The van der Waals surface area contributed by atoms with Crippen LogP contribution in [0.2, 0.25) is 0 Å². The van der Waals surface area contributed by atoms with Gasteiger partial charge in [-0.05, 0) is 25.1 Å². The van der Waals surface area contributed by atoms with E-state index in [-0.39, 0.29) is 23.9 Å². The van der Waals surface area contributed by atoms with Crippen LogP contribution in [0.25, 0.3) is 0 Å². The van der Waals surface area contributed by atoms with Crippen molar-refractivity contribution in [2.24, 2.45) is 5.10 Å². The molecule has 0 fully saturated rings. The van der Waals surface area contributed by atoms with Crippen LogP contribution >= 0.6 is 0 Å². The molecule has 0 spiro atoms. The highest BCUT2D eigenvalue weighted by molar-refractivity contribution is 6.44. The highest BCUT2D eigenvalue weighted by Gasteiger charge is 2.23. The zero-order chi connectivity index (χ0) is 13.8. The van der Waals surface area contributed by atoms with E-state index in [0.717, 1.165) is 0 Å². The van der Waals surface area contributed by atoms with Gasteiger partial charge in [-0.2, -0.15) is 5.10 Å². The molecule has 1 aliphatic heterocycles. The minimum absolute atomic E-state index is 0.203. The summed E-state index contributed by atoms with van der Waals surface area (Å²) in [5.41, 5.74) is 3.04. The Morgan fingerprint density at radius 3 is 2.84 bits per heavy atom. The van der Waals surface area contributed by atoms with Crippen molar-refractivity contribution >= 4 is 23.2 Å². The monoisotopic (exact) mass is 263 g/mol. The van der Waals surface area contributed by atoms with E-state index in [4.69, 9.17) is 0 Å². The normalized spacial score (nSPS) is 14.6. The van der Waals surface area contributed by atoms with Gasteiger partial charge in [0.15, 0.2) is 0 Å². The molecular weight excluding hydrogens is 249 g/mol. The van der Waals surface area contributed by atoms with Gasteiger partial charge in [0.2, 0.25) is 5.91 Å². The lowest BCUT2D eigenvalue weighted by atomic mass is 10.1. The van der Waals surface area contributed by atoms with E-state index in [0.29, 0.717) is 18.7 Å². The summed E-state index contributed by atoms with van der Waals surface area (Å²) in [7, 11) is 0. The van der Waals surface area contributed by atoms with Crippen LogP contribution in [0.15, 0.2) is 29.4 Å². The van der Waals surface area contributed by atoms with Crippen LogP contribution < -0.4 is 10.3 Å². The van der Waals surface area contributed by atoms with Crippen molar-refractivity contribution in [3.05, 3.63) is 30.1 Å². The number of nitrogens with one attached hydrogen (secondary N) is 1. The van der Waals surface area contributed by atoms with Crippen molar-refractivity contribution in [1.29, 1.82) is 0 Å². The molecule has 0 radical (unpaired) electrons. The summed E-state index contributed by atoms with van der Waals surface area (Å²) in [5.74, 6) is -0.916. The maximum atomic E-state index is 13.2. The molecule has 0 saturated carbocycles. The number of carbonyl (C=O) groups excluding carboxylic acids is 2. The average molecular weight is 263 g/mol. The Morgan fingerprint density at radius 1 is 1.47 bits per heavy atom. The summed E-state index contributed by atoms with van der Waals surface area (Å²) in [6.45, 7) is 2.19. The Balaban J connectivity index is 2.22. The van der Waals surface area contributed by atoms with Gasteiger partial charge in [-0.25, -0.2) is 9.82 Å². The molecule has 1 N–H and O–H groups in total. The smallest absolute Gasteiger partial charge is 0.274 e. The first-order valence-electron chi connectivity index (χ1n) is 6.04. The van der Waals surface area contributed by atoms with Crippen molar-refractivity contribution in [2.75, 3.05) is 11.4 Å². The number of amides is 2. The molecule has 0 atom stereocenters. The Kier molecular flexibility index (Phi) is 3.89. The Labute approximate surface area is 110 Å². The summed E-state index contributed by atoms with van der Waals surface area (Å²) < 4.78 is 13.2. The van der Waals surface area contributed by atoms with Gasteiger partial charge in [0.25, 0.3) is 5.91 Å². The number of hydrogen-bond acceptors (Lipinski definition) is 3. The molecule has 1 aromatic rings. The number of hydrogen-bond donors (Lipinski definition) is 1. The quantitative estimate of drug-likeness (QED) is 0.897. The van der Waals surface area contributed by atoms with E-state index >= 15 is 0 Å². The number of hydrazone groups is 1. The van der Waals surface area contributed by atoms with Crippen LogP contribution in [0.1, 0.15) is 19.8 Å². The highest BCUT2D eigenvalue weighted by Crippen LogP contribution is 2.17. The summed E-state index contributed by atoms with van der Waals surface area (Å²) in [5, 5.41) is 3.76. The van der Waals surface area contributed by atoms with Crippen LogP contribution in [0.4, 0.5) is 10.1 Å². The summed E-state index contributed by atoms with van der Waals surface area (Å²) in [6, 6.07) is 5.82. The fraction of sp³-hybridized carbons (Fsp3) is 0.308. The van der Waals surface area contributed by atoms with Crippen LogP contribution in [-0.4, -0.2) is 24.1 Å². The SMILES string of the molecule is CCN(C(=O)C1=NNC(=O)CC1)c1cccc(F)c1. The fourth-order valence-electron chi connectivity index (χ4n) is 1.87. The fourth-order valence-corrected chi connectivity index (χ4v) is 1.87. The van der Waals surface area contributed by atoms with Crippen LogP contribution in [0, 0.1) is 5.82 Å². The number of carbonyl (C=O) groups is 2. The van der Waals surface area contributed by atoms with Gasteiger partial charge in [-0.3, -0.25) is 9.59 Å². The molecule has 0 aliphatic carbocycles. The standard InChI is InChI=1S/C13H14FN3O2/c1-2-17(10-5-3-4-9(14)8-10)13(19)11-6-7-12(18)16-15-11/h3-5,8H,2,6-7H2,1H3,(H,16,18). The largest absolute Gasteiger partial charge is 0.307 e. The second kappa shape index (κ2) is 5.60. The predicted molar refractivity (Wildman–Crippen MR) is 69.2 cm³/mol. The topological polar surface area (TPSA) is 61.8 Å². The Hall–Kier alpha value is -2.24. The molecular formula is C13H14FN3O2. The minimum atomic E-state index is -0.400. The molecule has 1 heterocycles. The van der Waals surface area contributed by atoms with Gasteiger partial charge >= 0.3 is 0 Å². The maximum Gasteiger partial charge on any atom is 0.274 e. The first kappa shape index (κ1) is 13.2. The van der Waals surface area contributed by atoms with E-state index in [2.05, 4.69) is 10.5 Å². The third kappa shape index (κ3) is 2.96. The molecule has 5 nitrogen and oxygen atoms in total. The van der Waals surface area contributed by atoms with Gasteiger partial charge in [0.1, 0.15) is 11.5 Å². The van der Waals surface area contributed by atoms with Gasteiger partial charge in [0.05, 0.1) is 0 Å². The second-order valence-electron chi connectivity index (χ2n) is 4.12. The van der Waals surface area contributed by atoms with Crippen molar-refractivity contribution in [2.45, 2.75) is 19.8 Å². The van der Waals surface area contributed by atoms with Gasteiger partial charge < -0.3 is 4.90 Å². The van der Waals surface area contributed by atoms with E-state index in [9.17, 15) is 14.0 Å². The molecule has 2 amide bonds. The van der Waals surface area contributed by atoms with E-state index in [1.807, 2.05) is 0 Å². The number of rotatable bonds is 3. The zero-order valence-electron chi connectivity index (χ0n) is 10.5. The molecule has 100 valence electrons. The van der Waals surface area contributed by atoms with E-state index < -0.39 is 5.82 Å². The molecule has 2 rings (SSSR count). The first-order valence-corrected chi connectivity index (χ1v) is 6.04. The average Bonchev–Trinajstić information content (AvgIpc) is 2.40. The highest BCUT2D eigenvalue weighted by atomic mass is 19.1. The molecule has 0 aromatic heterocycles. The summed E-state index contributed by atoms with van der Waals surface area (Å²) in [6.07, 6.45) is 0.543. The number of benzene rings is 1. The van der Waals surface area contributed by atoms with E-state index in [1.165, 1.54) is 17.0 Å². The van der Waals surface area contributed by atoms with E-state index in [1.54, 1.807) is 19.1 Å². The van der Waals surface area contributed by atoms with Crippen LogP contribution in [0.5, 0.6) is 0 Å². The minimum Gasteiger partial charge on any atom is -0.307 e. The van der Waals surface area contributed by atoms with Crippen LogP contribution in [0.3, 0.4) is 0 Å². The molecule has 19 heavy (non-hydrogen) atoms. The molecule has 6 heteroatoms. The third-order valence-corrected chi connectivity index (χ3v) is 2.83. The molecule has 0 unspecified atom stereocenters. The lowest BCUT2D eigenvalue weighted by Crippen LogP contribution is -2.40. The zero-order valence-corrected chi connectivity index (χ0v) is 10.5. The van der Waals surface area contributed by atoms with Crippen molar-refractivity contribution in [3.8, 4) is 0 Å². The molecule has 1 aromatic carbocycles. The predicted octanol–water partition coefficient (Wildman–Crippen LogP) is 1.44. The maximum absolute atomic E-state index is 13.2. The number of halogens is 1. The third-order valence-electron chi connectivity index (χ3n) is 2.83. The first-order chi connectivity index (χ1) is 9.11. The summed E-state index contributed by atoms with van der Waals surface area (Å²) >= 11 is 0. The molecule has 1 aliphatic rings. The Morgan fingerprint density at radius 2 is 2.26 bits per heavy atom. The number of nitrogens with zero attached hydrogens (tertiary/aromatic N) is 2. The second-order valence-corrected chi connectivity index (χ2v) is 4.12. The van der Waals surface area contributed by atoms with Gasteiger partial charge in [-0.15, -0.1) is 0 Å². The Bertz CT molecular complexity index is 542.